The van der Waals surface area contributed by atoms with E-state index in [0.29, 0.717) is 18.7 Å². The summed E-state index contributed by atoms with van der Waals surface area (Å²) < 4.78 is 26.6. The van der Waals surface area contributed by atoms with Gasteiger partial charge in [-0.15, -0.1) is 0 Å². The first-order valence-corrected chi connectivity index (χ1v) is 9.44. The molecule has 10 heteroatoms. The van der Waals surface area contributed by atoms with E-state index in [-0.39, 0.29) is 37.1 Å². The van der Waals surface area contributed by atoms with E-state index in [0.717, 1.165) is 4.90 Å². The minimum absolute atomic E-state index is 0.0487. The quantitative estimate of drug-likeness (QED) is 0.690. The van der Waals surface area contributed by atoms with Crippen LogP contribution in [0.4, 0.5) is 8.78 Å². The maximum atomic E-state index is 13.3. The van der Waals surface area contributed by atoms with Crippen LogP contribution in [0.2, 0.25) is 0 Å². The lowest BCUT2D eigenvalue weighted by Crippen LogP contribution is -2.54. The number of fused-ring (bicyclic) bond motifs is 1. The van der Waals surface area contributed by atoms with E-state index in [2.05, 4.69) is 10.6 Å². The van der Waals surface area contributed by atoms with Crippen molar-refractivity contribution in [3.8, 4) is 0 Å². The van der Waals surface area contributed by atoms with Crippen LogP contribution in [-0.4, -0.2) is 71.6 Å². The molecule has 0 bridgehead atoms. The second kappa shape index (κ2) is 7.60. The van der Waals surface area contributed by atoms with Gasteiger partial charge in [-0.3, -0.25) is 34.3 Å². The maximum absolute atomic E-state index is 13.3. The standard InChI is InChI=1S/C19H20F2N4O4/c20-16(21)14-8-22-5-6-24(14)9-10-1-2-11-12(7-10)19(29)25(18(11)28)13-3-4-15(26)23-17(13)27/h1-2,7,13-14,16,22H,3-6,8-9H2,(H,23,26,27). The summed E-state index contributed by atoms with van der Waals surface area (Å²) in [6.45, 7) is 1.45. The van der Waals surface area contributed by atoms with Gasteiger partial charge in [-0.1, -0.05) is 6.07 Å². The van der Waals surface area contributed by atoms with E-state index in [4.69, 9.17) is 0 Å². The molecule has 1 aromatic carbocycles. The van der Waals surface area contributed by atoms with Crippen molar-refractivity contribution < 1.29 is 28.0 Å². The molecule has 4 amide bonds. The summed E-state index contributed by atoms with van der Waals surface area (Å²) in [5, 5.41) is 5.09. The molecule has 3 aliphatic heterocycles. The molecule has 1 aromatic rings. The zero-order chi connectivity index (χ0) is 20.7. The Morgan fingerprint density at radius 2 is 1.86 bits per heavy atom. The summed E-state index contributed by atoms with van der Waals surface area (Å²) in [6, 6.07) is 2.72. The first-order valence-electron chi connectivity index (χ1n) is 9.44. The Balaban J connectivity index is 1.55. The first kappa shape index (κ1) is 19.6. The molecule has 2 N–H and O–H groups in total. The third-order valence-electron chi connectivity index (χ3n) is 5.58. The summed E-state index contributed by atoms with van der Waals surface area (Å²) in [5.41, 5.74) is 0.970. The second-order valence-corrected chi connectivity index (χ2v) is 7.40. The number of alkyl halides is 2. The number of benzene rings is 1. The van der Waals surface area contributed by atoms with Gasteiger partial charge in [0, 0.05) is 32.6 Å². The highest BCUT2D eigenvalue weighted by Gasteiger charge is 2.44. The van der Waals surface area contributed by atoms with E-state index in [1.54, 1.807) is 11.0 Å². The Bertz CT molecular complexity index is 891. The molecule has 2 atom stereocenters. The van der Waals surface area contributed by atoms with Gasteiger partial charge in [-0.05, 0) is 24.1 Å². The molecule has 154 valence electrons. The van der Waals surface area contributed by atoms with Crippen molar-refractivity contribution in [2.24, 2.45) is 0 Å². The van der Waals surface area contributed by atoms with Gasteiger partial charge < -0.3 is 5.32 Å². The molecule has 0 radical (unpaired) electrons. The molecule has 4 rings (SSSR count). The van der Waals surface area contributed by atoms with Gasteiger partial charge in [0.15, 0.2) is 0 Å². The molecule has 0 saturated carbocycles. The number of nitrogens with one attached hydrogen (secondary N) is 2. The molecule has 2 unspecified atom stereocenters. The van der Waals surface area contributed by atoms with Crippen LogP contribution in [0.25, 0.3) is 0 Å². The topological polar surface area (TPSA) is 98.8 Å². The molecular weight excluding hydrogens is 386 g/mol. The summed E-state index contributed by atoms with van der Waals surface area (Å²) in [6.07, 6.45) is -2.36. The summed E-state index contributed by atoms with van der Waals surface area (Å²) in [7, 11) is 0. The van der Waals surface area contributed by atoms with Gasteiger partial charge >= 0.3 is 0 Å². The molecule has 0 spiro atoms. The van der Waals surface area contributed by atoms with Crippen LogP contribution >= 0.6 is 0 Å². The van der Waals surface area contributed by atoms with Crippen LogP contribution in [-0.2, 0) is 16.1 Å². The van der Waals surface area contributed by atoms with E-state index >= 15 is 0 Å². The fraction of sp³-hybridized carbons (Fsp3) is 0.474. The summed E-state index contributed by atoms with van der Waals surface area (Å²) >= 11 is 0. The lowest BCUT2D eigenvalue weighted by atomic mass is 10.0. The Morgan fingerprint density at radius 1 is 1.10 bits per heavy atom. The number of imide groups is 2. The fourth-order valence-corrected chi connectivity index (χ4v) is 4.06. The largest absolute Gasteiger partial charge is 0.314 e. The number of hydrogen-bond donors (Lipinski definition) is 2. The SMILES string of the molecule is O=C1CCC(N2C(=O)c3ccc(CN4CCNCC4C(F)F)cc3C2=O)C(=O)N1. The number of carbonyl (C=O) groups excluding carboxylic acids is 4. The van der Waals surface area contributed by atoms with Crippen molar-refractivity contribution in [3.05, 3.63) is 34.9 Å². The molecule has 3 aliphatic rings. The minimum Gasteiger partial charge on any atom is -0.314 e. The lowest BCUT2D eigenvalue weighted by Gasteiger charge is -2.35. The molecule has 0 aliphatic carbocycles. The van der Waals surface area contributed by atoms with E-state index in [1.807, 2.05) is 0 Å². The minimum atomic E-state index is -2.50. The van der Waals surface area contributed by atoms with E-state index < -0.39 is 42.1 Å². The molecule has 0 aromatic heterocycles. The van der Waals surface area contributed by atoms with Crippen molar-refractivity contribution in [2.45, 2.75) is 37.9 Å². The zero-order valence-corrected chi connectivity index (χ0v) is 15.5. The van der Waals surface area contributed by atoms with E-state index in [9.17, 15) is 28.0 Å². The van der Waals surface area contributed by atoms with Crippen LogP contribution < -0.4 is 10.6 Å². The van der Waals surface area contributed by atoms with Crippen molar-refractivity contribution in [1.82, 2.24) is 20.4 Å². The van der Waals surface area contributed by atoms with E-state index in [1.165, 1.54) is 12.1 Å². The highest BCUT2D eigenvalue weighted by Crippen LogP contribution is 2.29. The first-order chi connectivity index (χ1) is 13.9. The smallest absolute Gasteiger partial charge is 0.262 e. The highest BCUT2D eigenvalue weighted by atomic mass is 19.3. The third kappa shape index (κ3) is 3.53. The van der Waals surface area contributed by atoms with Crippen LogP contribution in [0.5, 0.6) is 0 Å². The number of halogens is 2. The Morgan fingerprint density at radius 3 is 2.59 bits per heavy atom. The highest BCUT2D eigenvalue weighted by molar-refractivity contribution is 6.23. The number of rotatable bonds is 4. The van der Waals surface area contributed by atoms with Crippen LogP contribution in [0.1, 0.15) is 39.1 Å². The van der Waals surface area contributed by atoms with Gasteiger partial charge in [0.2, 0.25) is 11.8 Å². The Hall–Kier alpha value is -2.72. The molecular formula is C19H20F2N4O4. The number of piperidine rings is 1. The molecule has 3 heterocycles. The van der Waals surface area contributed by atoms with Gasteiger partial charge in [0.05, 0.1) is 17.2 Å². The molecule has 2 fully saturated rings. The van der Waals surface area contributed by atoms with Crippen molar-refractivity contribution >= 4 is 23.6 Å². The number of hydrogen-bond acceptors (Lipinski definition) is 6. The average molecular weight is 406 g/mol. The van der Waals surface area contributed by atoms with Gasteiger partial charge in [0.1, 0.15) is 6.04 Å². The summed E-state index contributed by atoms with van der Waals surface area (Å²) in [5.74, 6) is -2.29. The van der Waals surface area contributed by atoms with Gasteiger partial charge in [-0.2, -0.15) is 0 Å². The van der Waals surface area contributed by atoms with Gasteiger partial charge in [-0.25, -0.2) is 8.78 Å². The van der Waals surface area contributed by atoms with Crippen molar-refractivity contribution in [1.29, 1.82) is 0 Å². The molecule has 8 nitrogen and oxygen atoms in total. The number of amides is 4. The third-order valence-corrected chi connectivity index (χ3v) is 5.58. The molecule has 2 saturated heterocycles. The number of nitrogens with zero attached hydrogens (tertiary/aromatic N) is 2. The predicted molar refractivity (Wildman–Crippen MR) is 96.2 cm³/mol. The molecule has 29 heavy (non-hydrogen) atoms. The summed E-state index contributed by atoms with van der Waals surface area (Å²) in [4.78, 5) is 51.5. The zero-order valence-electron chi connectivity index (χ0n) is 15.5. The van der Waals surface area contributed by atoms with Crippen LogP contribution in [0, 0.1) is 0 Å². The Labute approximate surface area is 165 Å². The average Bonchev–Trinajstić information content (AvgIpc) is 2.93. The second-order valence-electron chi connectivity index (χ2n) is 7.40. The fourth-order valence-electron chi connectivity index (χ4n) is 4.06. The van der Waals surface area contributed by atoms with Gasteiger partial charge in [0.25, 0.3) is 18.2 Å². The predicted octanol–water partition coefficient (Wildman–Crippen LogP) is 0.127. The van der Waals surface area contributed by atoms with Crippen LogP contribution in [0.3, 0.4) is 0 Å². The number of piperazine rings is 1. The normalized spacial score (nSPS) is 25.6. The maximum Gasteiger partial charge on any atom is 0.262 e. The number of carbonyl (C=O) groups is 4. The monoisotopic (exact) mass is 406 g/mol. The lowest BCUT2D eigenvalue weighted by molar-refractivity contribution is -0.136. The van der Waals surface area contributed by atoms with Crippen molar-refractivity contribution in [3.63, 3.8) is 0 Å². The van der Waals surface area contributed by atoms with Crippen LogP contribution in [0.15, 0.2) is 18.2 Å². The van der Waals surface area contributed by atoms with Crippen molar-refractivity contribution in [2.75, 3.05) is 19.6 Å². The Kier molecular flexibility index (Phi) is 5.13.